The molecular weight excluding hydrogens is 200 g/mol. The molecule has 1 rings (SSSR count). The number of esters is 1. The average molecular weight is 226 g/mol. The summed E-state index contributed by atoms with van der Waals surface area (Å²) in [5, 5.41) is 0. The molecule has 1 aliphatic rings. The summed E-state index contributed by atoms with van der Waals surface area (Å²) >= 11 is 0. The van der Waals surface area contributed by atoms with E-state index in [9.17, 15) is 4.79 Å². The molecule has 0 aromatic heterocycles. The minimum Gasteiger partial charge on any atom is -0.463 e. The van der Waals surface area contributed by atoms with Crippen molar-refractivity contribution < 1.29 is 9.53 Å². The van der Waals surface area contributed by atoms with Gasteiger partial charge in [-0.1, -0.05) is 44.9 Å². The molecule has 0 heterocycles. The van der Waals surface area contributed by atoms with Crippen LogP contribution in [0.1, 0.15) is 77.6 Å². The number of hydrogen-bond acceptors (Lipinski definition) is 2. The first kappa shape index (κ1) is 13.5. The summed E-state index contributed by atoms with van der Waals surface area (Å²) in [5.41, 5.74) is 0. The van der Waals surface area contributed by atoms with E-state index >= 15 is 0 Å². The quantitative estimate of drug-likeness (QED) is 0.626. The van der Waals surface area contributed by atoms with Gasteiger partial charge in [-0.25, -0.2) is 0 Å². The van der Waals surface area contributed by atoms with Crippen LogP contribution in [0.4, 0.5) is 0 Å². The molecule has 1 fully saturated rings. The maximum atomic E-state index is 11.0. The molecule has 1 aliphatic carbocycles. The molecular formula is C14H26O2. The molecule has 0 N–H and O–H groups in total. The van der Waals surface area contributed by atoms with E-state index in [0.29, 0.717) is 0 Å². The second-order valence-corrected chi connectivity index (χ2v) is 4.99. The van der Waals surface area contributed by atoms with Gasteiger partial charge in [-0.3, -0.25) is 4.79 Å². The summed E-state index contributed by atoms with van der Waals surface area (Å²) in [6.45, 7) is 1.52. The van der Waals surface area contributed by atoms with Crippen LogP contribution in [0.2, 0.25) is 0 Å². The number of carbonyl (C=O) groups is 1. The molecule has 94 valence electrons. The first-order chi connectivity index (χ1) is 7.79. The molecule has 0 atom stereocenters. The molecule has 2 nitrogen and oxygen atoms in total. The minimum absolute atomic E-state index is 0.114. The van der Waals surface area contributed by atoms with E-state index in [-0.39, 0.29) is 12.1 Å². The molecule has 16 heavy (non-hydrogen) atoms. The molecule has 0 bridgehead atoms. The van der Waals surface area contributed by atoms with Crippen LogP contribution >= 0.6 is 0 Å². The predicted octanol–water partition coefficient (Wildman–Crippen LogP) is 4.22. The highest BCUT2D eigenvalue weighted by Crippen LogP contribution is 2.18. The van der Waals surface area contributed by atoms with Crippen molar-refractivity contribution in [1.82, 2.24) is 0 Å². The Hall–Kier alpha value is -0.530. The van der Waals surface area contributed by atoms with Crippen LogP contribution in [0.15, 0.2) is 0 Å². The monoisotopic (exact) mass is 226 g/mol. The van der Waals surface area contributed by atoms with E-state index in [4.69, 9.17) is 4.74 Å². The van der Waals surface area contributed by atoms with Crippen LogP contribution in [0.25, 0.3) is 0 Å². The van der Waals surface area contributed by atoms with Gasteiger partial charge < -0.3 is 4.74 Å². The topological polar surface area (TPSA) is 26.3 Å². The van der Waals surface area contributed by atoms with Gasteiger partial charge in [-0.05, 0) is 25.7 Å². The second-order valence-electron chi connectivity index (χ2n) is 4.99. The number of rotatable bonds is 1. The van der Waals surface area contributed by atoms with Crippen LogP contribution in [-0.4, -0.2) is 12.1 Å². The van der Waals surface area contributed by atoms with Crippen molar-refractivity contribution in [3.8, 4) is 0 Å². The van der Waals surface area contributed by atoms with Crippen molar-refractivity contribution in [1.29, 1.82) is 0 Å². The van der Waals surface area contributed by atoms with Crippen molar-refractivity contribution >= 4 is 5.97 Å². The van der Waals surface area contributed by atoms with E-state index < -0.39 is 0 Å². The number of carbonyl (C=O) groups excluding carboxylic acids is 1. The molecule has 0 aromatic rings. The van der Waals surface area contributed by atoms with Gasteiger partial charge in [0.15, 0.2) is 0 Å². The molecule has 0 amide bonds. The van der Waals surface area contributed by atoms with Crippen LogP contribution in [0.5, 0.6) is 0 Å². The predicted molar refractivity (Wildman–Crippen MR) is 66.3 cm³/mol. The van der Waals surface area contributed by atoms with Crippen LogP contribution < -0.4 is 0 Å². The zero-order valence-electron chi connectivity index (χ0n) is 10.7. The van der Waals surface area contributed by atoms with Crippen molar-refractivity contribution in [2.24, 2.45) is 0 Å². The lowest BCUT2D eigenvalue weighted by molar-refractivity contribution is -0.147. The van der Waals surface area contributed by atoms with Crippen LogP contribution in [0, 0.1) is 0 Å². The lowest BCUT2D eigenvalue weighted by atomic mass is 9.99. The number of hydrogen-bond donors (Lipinski definition) is 0. The van der Waals surface area contributed by atoms with Gasteiger partial charge in [0.2, 0.25) is 0 Å². The summed E-state index contributed by atoms with van der Waals surface area (Å²) in [6, 6.07) is 0. The van der Waals surface area contributed by atoms with Gasteiger partial charge in [0, 0.05) is 6.92 Å². The van der Waals surface area contributed by atoms with Crippen molar-refractivity contribution in [3.05, 3.63) is 0 Å². The Morgan fingerprint density at radius 2 is 1.19 bits per heavy atom. The molecule has 0 aromatic carbocycles. The van der Waals surface area contributed by atoms with Gasteiger partial charge >= 0.3 is 5.97 Å². The summed E-state index contributed by atoms with van der Waals surface area (Å²) in [5.74, 6) is -0.114. The molecule has 0 radical (unpaired) electrons. The zero-order chi connectivity index (χ0) is 11.6. The van der Waals surface area contributed by atoms with Gasteiger partial charge in [-0.2, -0.15) is 0 Å². The minimum atomic E-state index is -0.114. The van der Waals surface area contributed by atoms with Gasteiger partial charge in [0.25, 0.3) is 0 Å². The van der Waals surface area contributed by atoms with Crippen molar-refractivity contribution in [2.45, 2.75) is 83.7 Å². The summed E-state index contributed by atoms with van der Waals surface area (Å²) in [4.78, 5) is 11.0. The zero-order valence-corrected chi connectivity index (χ0v) is 10.7. The van der Waals surface area contributed by atoms with Crippen molar-refractivity contribution in [2.75, 3.05) is 0 Å². The Morgan fingerprint density at radius 3 is 1.56 bits per heavy atom. The Morgan fingerprint density at radius 1 is 0.812 bits per heavy atom. The van der Waals surface area contributed by atoms with Gasteiger partial charge in [0.05, 0.1) is 0 Å². The molecule has 0 unspecified atom stereocenters. The first-order valence-corrected chi connectivity index (χ1v) is 6.96. The third-order valence-electron chi connectivity index (χ3n) is 3.38. The van der Waals surface area contributed by atoms with Crippen molar-refractivity contribution in [3.63, 3.8) is 0 Å². The molecule has 0 aliphatic heterocycles. The Balaban J connectivity index is 2.27. The Bertz CT molecular complexity index is 177. The van der Waals surface area contributed by atoms with E-state index in [1.165, 1.54) is 64.7 Å². The lowest BCUT2D eigenvalue weighted by Crippen LogP contribution is -2.16. The standard InChI is InChI=1S/C14H26O2/c1-13(15)16-14-11-9-7-5-3-2-4-6-8-10-12-14/h14H,2-12H2,1H3. The highest BCUT2D eigenvalue weighted by molar-refractivity contribution is 5.66. The largest absolute Gasteiger partial charge is 0.463 e. The second kappa shape index (κ2) is 8.60. The first-order valence-electron chi connectivity index (χ1n) is 6.96. The lowest BCUT2D eigenvalue weighted by Gasteiger charge is -2.17. The molecule has 2 heteroatoms. The van der Waals surface area contributed by atoms with Crippen LogP contribution in [-0.2, 0) is 9.53 Å². The van der Waals surface area contributed by atoms with Gasteiger partial charge in [-0.15, -0.1) is 0 Å². The molecule has 0 saturated heterocycles. The summed E-state index contributed by atoms with van der Waals surface area (Å²) < 4.78 is 5.36. The van der Waals surface area contributed by atoms with Crippen LogP contribution in [0.3, 0.4) is 0 Å². The maximum Gasteiger partial charge on any atom is 0.302 e. The SMILES string of the molecule is CC(=O)OC1CCCCCCCCCCC1. The Labute approximate surface area is 99.8 Å². The smallest absolute Gasteiger partial charge is 0.302 e. The normalized spacial score (nSPS) is 21.8. The maximum absolute atomic E-state index is 11.0. The molecule has 1 saturated carbocycles. The summed E-state index contributed by atoms with van der Waals surface area (Å²) in [6.07, 6.45) is 14.3. The highest BCUT2D eigenvalue weighted by atomic mass is 16.5. The van der Waals surface area contributed by atoms with E-state index in [1.807, 2.05) is 0 Å². The van der Waals surface area contributed by atoms with Gasteiger partial charge in [0.1, 0.15) is 6.10 Å². The van der Waals surface area contributed by atoms with E-state index in [0.717, 1.165) is 12.8 Å². The fourth-order valence-corrected chi connectivity index (χ4v) is 2.48. The fraction of sp³-hybridized carbons (Fsp3) is 0.929. The number of ether oxygens (including phenoxy) is 1. The van der Waals surface area contributed by atoms with E-state index in [2.05, 4.69) is 0 Å². The van der Waals surface area contributed by atoms with E-state index in [1.54, 1.807) is 0 Å². The average Bonchev–Trinajstić information content (AvgIpc) is 2.21. The third-order valence-corrected chi connectivity index (χ3v) is 3.38. The molecule has 0 spiro atoms. The third kappa shape index (κ3) is 6.86. The fourth-order valence-electron chi connectivity index (χ4n) is 2.48. The Kier molecular flexibility index (Phi) is 7.28. The summed E-state index contributed by atoms with van der Waals surface area (Å²) in [7, 11) is 0. The highest BCUT2D eigenvalue weighted by Gasteiger charge is 2.11.